The quantitative estimate of drug-likeness (QED) is 0.584. The standard InChI is InChI=1S/C21H26N4O7S/c1-14-22-19(12-24(14)2)33(29,30)25-10-8-16(9-11-25)21(28)32-13-18(26)23-17-6-4-15(5-7-17)20(27)31-3/h4-7,12,16H,8-11,13H2,1-3H3,(H,23,26). The maximum atomic E-state index is 12.7. The van der Waals surface area contributed by atoms with Gasteiger partial charge in [-0.1, -0.05) is 0 Å². The molecule has 1 N–H and O–H groups in total. The van der Waals surface area contributed by atoms with Gasteiger partial charge < -0.3 is 19.4 Å². The molecule has 2 aromatic rings. The topological polar surface area (TPSA) is 137 Å². The average molecular weight is 479 g/mol. The summed E-state index contributed by atoms with van der Waals surface area (Å²) in [6.45, 7) is 1.57. The van der Waals surface area contributed by atoms with Gasteiger partial charge in [0, 0.05) is 32.0 Å². The lowest BCUT2D eigenvalue weighted by molar-refractivity contribution is -0.152. The van der Waals surface area contributed by atoms with Crippen LogP contribution in [0.3, 0.4) is 0 Å². The van der Waals surface area contributed by atoms with Gasteiger partial charge in [0.2, 0.25) is 0 Å². The number of aryl methyl sites for hydroxylation is 2. The summed E-state index contributed by atoms with van der Waals surface area (Å²) in [5, 5.41) is 2.56. The van der Waals surface area contributed by atoms with Crippen LogP contribution in [0.4, 0.5) is 5.69 Å². The third-order valence-electron chi connectivity index (χ3n) is 5.41. The Hall–Kier alpha value is -3.25. The van der Waals surface area contributed by atoms with E-state index in [1.807, 2.05) is 0 Å². The van der Waals surface area contributed by atoms with Gasteiger partial charge >= 0.3 is 11.9 Å². The lowest BCUT2D eigenvalue weighted by Gasteiger charge is -2.29. The molecule has 1 aromatic heterocycles. The van der Waals surface area contributed by atoms with Crippen molar-refractivity contribution in [1.82, 2.24) is 13.9 Å². The molecule has 178 valence electrons. The first-order chi connectivity index (χ1) is 15.6. The fraction of sp³-hybridized carbons (Fsp3) is 0.429. The van der Waals surface area contributed by atoms with E-state index in [9.17, 15) is 22.8 Å². The molecule has 1 aliphatic heterocycles. The van der Waals surface area contributed by atoms with Gasteiger partial charge in [-0.15, -0.1) is 0 Å². The highest BCUT2D eigenvalue weighted by molar-refractivity contribution is 7.89. The van der Waals surface area contributed by atoms with Crippen LogP contribution in [0, 0.1) is 12.8 Å². The highest BCUT2D eigenvalue weighted by Gasteiger charge is 2.34. The Labute approximate surface area is 191 Å². The van der Waals surface area contributed by atoms with Crippen LogP contribution >= 0.6 is 0 Å². The van der Waals surface area contributed by atoms with E-state index in [1.165, 1.54) is 41.9 Å². The SMILES string of the molecule is COC(=O)c1ccc(NC(=O)COC(=O)C2CCN(S(=O)(=O)c3cn(C)c(C)n3)CC2)cc1. The summed E-state index contributed by atoms with van der Waals surface area (Å²) in [5.41, 5.74) is 0.778. The zero-order valence-corrected chi connectivity index (χ0v) is 19.4. The van der Waals surface area contributed by atoms with Crippen molar-refractivity contribution in [3.8, 4) is 0 Å². The number of rotatable bonds is 7. The van der Waals surface area contributed by atoms with Gasteiger partial charge in [-0.3, -0.25) is 9.59 Å². The normalized spacial score (nSPS) is 15.1. The highest BCUT2D eigenvalue weighted by atomic mass is 32.2. The predicted molar refractivity (Wildman–Crippen MR) is 117 cm³/mol. The van der Waals surface area contributed by atoms with Gasteiger partial charge in [0.15, 0.2) is 11.6 Å². The van der Waals surface area contributed by atoms with Crippen molar-refractivity contribution in [2.75, 3.05) is 32.1 Å². The molecule has 0 aliphatic carbocycles. The lowest BCUT2D eigenvalue weighted by atomic mass is 9.98. The summed E-state index contributed by atoms with van der Waals surface area (Å²) >= 11 is 0. The van der Waals surface area contributed by atoms with Crippen LogP contribution in [0.1, 0.15) is 29.0 Å². The Bertz CT molecular complexity index is 1110. The van der Waals surface area contributed by atoms with Gasteiger partial charge in [0.25, 0.3) is 15.9 Å². The molecule has 0 bridgehead atoms. The molecule has 1 amide bonds. The van der Waals surface area contributed by atoms with E-state index >= 15 is 0 Å². The van der Waals surface area contributed by atoms with E-state index in [4.69, 9.17) is 4.74 Å². The molecule has 33 heavy (non-hydrogen) atoms. The number of nitrogens with one attached hydrogen (secondary N) is 1. The Morgan fingerprint density at radius 1 is 1.15 bits per heavy atom. The summed E-state index contributed by atoms with van der Waals surface area (Å²) in [6, 6.07) is 6.07. The minimum atomic E-state index is -3.73. The van der Waals surface area contributed by atoms with Crippen molar-refractivity contribution >= 4 is 33.6 Å². The first-order valence-corrected chi connectivity index (χ1v) is 11.7. The van der Waals surface area contributed by atoms with Crippen molar-refractivity contribution in [3.05, 3.63) is 41.9 Å². The molecule has 3 rings (SSSR count). The number of esters is 2. The molecule has 2 heterocycles. The summed E-state index contributed by atoms with van der Waals surface area (Å²) in [6.07, 6.45) is 2.05. The van der Waals surface area contributed by atoms with Crippen molar-refractivity contribution < 1.29 is 32.3 Å². The number of hydrogen-bond acceptors (Lipinski definition) is 8. The number of piperidine rings is 1. The van der Waals surface area contributed by atoms with Crippen LogP contribution in [0.5, 0.6) is 0 Å². The van der Waals surface area contributed by atoms with Crippen molar-refractivity contribution in [1.29, 1.82) is 0 Å². The van der Waals surface area contributed by atoms with Crippen LogP contribution in [0.25, 0.3) is 0 Å². The molecule has 12 heteroatoms. The summed E-state index contributed by atoms with van der Waals surface area (Å²) < 4.78 is 38.2. The van der Waals surface area contributed by atoms with E-state index in [-0.39, 0.29) is 18.1 Å². The molecule has 11 nitrogen and oxygen atoms in total. The molecule has 0 atom stereocenters. The fourth-order valence-electron chi connectivity index (χ4n) is 3.37. The molecule has 1 aromatic carbocycles. The third-order valence-corrected chi connectivity index (χ3v) is 7.18. The second-order valence-electron chi connectivity index (χ2n) is 7.64. The number of ether oxygens (including phenoxy) is 2. The fourth-order valence-corrected chi connectivity index (χ4v) is 4.87. The number of anilines is 1. The average Bonchev–Trinajstić information content (AvgIpc) is 3.16. The first-order valence-electron chi connectivity index (χ1n) is 10.3. The third kappa shape index (κ3) is 5.76. The van der Waals surface area contributed by atoms with Crippen molar-refractivity contribution in [2.45, 2.75) is 24.8 Å². The van der Waals surface area contributed by atoms with E-state index in [1.54, 1.807) is 18.5 Å². The monoisotopic (exact) mass is 478 g/mol. The zero-order chi connectivity index (χ0) is 24.2. The van der Waals surface area contributed by atoms with Gasteiger partial charge in [0.1, 0.15) is 5.82 Å². The molecule has 0 spiro atoms. The van der Waals surface area contributed by atoms with E-state index in [0.717, 1.165) is 0 Å². The summed E-state index contributed by atoms with van der Waals surface area (Å²) in [4.78, 5) is 39.9. The van der Waals surface area contributed by atoms with Crippen LogP contribution in [-0.2, 0) is 36.1 Å². The van der Waals surface area contributed by atoms with Crippen LogP contribution in [0.2, 0.25) is 0 Å². The Kier molecular flexibility index (Phi) is 7.49. The molecule has 0 unspecified atom stereocenters. The van der Waals surface area contributed by atoms with Gasteiger partial charge in [-0.25, -0.2) is 18.2 Å². The van der Waals surface area contributed by atoms with Crippen LogP contribution in [-0.4, -0.2) is 66.9 Å². The summed E-state index contributed by atoms with van der Waals surface area (Å²) in [5.74, 6) is -1.47. The number of methoxy groups -OCH3 is 1. The second-order valence-corrected chi connectivity index (χ2v) is 9.53. The second kappa shape index (κ2) is 10.1. The van der Waals surface area contributed by atoms with Gasteiger partial charge in [-0.05, 0) is 44.0 Å². The van der Waals surface area contributed by atoms with E-state index < -0.39 is 40.4 Å². The van der Waals surface area contributed by atoms with Gasteiger partial charge in [-0.2, -0.15) is 4.31 Å². The number of carbonyl (C=O) groups excluding carboxylic acids is 3. The number of aromatic nitrogens is 2. The molecule has 0 radical (unpaired) electrons. The largest absolute Gasteiger partial charge is 0.465 e. The lowest BCUT2D eigenvalue weighted by Crippen LogP contribution is -2.41. The maximum absolute atomic E-state index is 12.7. The van der Waals surface area contributed by atoms with Crippen LogP contribution < -0.4 is 5.32 Å². The molecular weight excluding hydrogens is 452 g/mol. The molecule has 0 saturated carbocycles. The number of imidazole rings is 1. The minimum absolute atomic E-state index is 0.0141. The molecular formula is C21H26N4O7S. The minimum Gasteiger partial charge on any atom is -0.465 e. The smallest absolute Gasteiger partial charge is 0.337 e. The number of amides is 1. The Balaban J connectivity index is 1.46. The predicted octanol–water partition coefficient (Wildman–Crippen LogP) is 1.10. The first kappa shape index (κ1) is 24.4. The number of benzene rings is 1. The molecule has 1 aliphatic rings. The summed E-state index contributed by atoms with van der Waals surface area (Å²) in [7, 11) is -0.734. The Morgan fingerprint density at radius 2 is 1.79 bits per heavy atom. The number of carbonyl (C=O) groups is 3. The van der Waals surface area contributed by atoms with Crippen molar-refractivity contribution in [3.63, 3.8) is 0 Å². The molecule has 1 saturated heterocycles. The van der Waals surface area contributed by atoms with E-state index in [0.29, 0.717) is 29.9 Å². The highest BCUT2D eigenvalue weighted by Crippen LogP contribution is 2.24. The number of sulfonamides is 1. The number of hydrogen-bond donors (Lipinski definition) is 1. The van der Waals surface area contributed by atoms with Crippen molar-refractivity contribution in [2.24, 2.45) is 13.0 Å². The maximum Gasteiger partial charge on any atom is 0.337 e. The Morgan fingerprint density at radius 3 is 2.33 bits per heavy atom. The zero-order valence-electron chi connectivity index (χ0n) is 18.6. The number of nitrogens with zero attached hydrogens (tertiary/aromatic N) is 3. The van der Waals surface area contributed by atoms with Crippen LogP contribution in [0.15, 0.2) is 35.5 Å². The molecule has 1 fully saturated rings. The van der Waals surface area contributed by atoms with E-state index in [2.05, 4.69) is 15.0 Å². The van der Waals surface area contributed by atoms with Gasteiger partial charge in [0.05, 0.1) is 18.6 Å².